The van der Waals surface area contributed by atoms with Crippen molar-refractivity contribution >= 4 is 52.3 Å². The fourth-order valence-electron chi connectivity index (χ4n) is 2.18. The second-order valence-electron chi connectivity index (χ2n) is 6.25. The van der Waals surface area contributed by atoms with E-state index in [1.165, 1.54) is 37.8 Å². The summed E-state index contributed by atoms with van der Waals surface area (Å²) in [4.78, 5) is 4.73. The monoisotopic (exact) mass is 450 g/mol. The average molecular weight is 451 g/mol. The first-order chi connectivity index (χ1) is 12.9. The number of aliphatic imine (C=N–C) groups is 1. The number of hydrogen-bond donors (Lipinski definition) is 0. The van der Waals surface area contributed by atoms with Gasteiger partial charge in [0.2, 0.25) is 0 Å². The van der Waals surface area contributed by atoms with Crippen LogP contribution >= 0.6 is 41.5 Å². The molecule has 0 amide bonds. The number of para-hydroxylation sites is 1. The lowest BCUT2D eigenvalue weighted by molar-refractivity contribution is 0.380. The van der Waals surface area contributed by atoms with Crippen molar-refractivity contribution in [1.29, 1.82) is 0 Å². The van der Waals surface area contributed by atoms with E-state index in [1.54, 1.807) is 23.5 Å². The highest BCUT2D eigenvalue weighted by molar-refractivity contribution is 8.56. The molecule has 154 valence electrons. The smallest absolute Gasteiger partial charge is 0.309 e. The third kappa shape index (κ3) is 8.41. The number of thioether (sulfide) groups is 1. The van der Waals surface area contributed by atoms with Crippen LogP contribution in [0.3, 0.4) is 0 Å². The van der Waals surface area contributed by atoms with Crippen LogP contribution in [0.5, 0.6) is 0 Å². The molecular formula is C19H32ClN2O2PS2. The van der Waals surface area contributed by atoms with E-state index in [4.69, 9.17) is 21.1 Å². The molecule has 1 rings (SSSR count). The molecule has 2 unspecified atom stereocenters. The Morgan fingerprint density at radius 3 is 2.59 bits per heavy atom. The van der Waals surface area contributed by atoms with Gasteiger partial charge in [-0.15, -0.1) is 0 Å². The summed E-state index contributed by atoms with van der Waals surface area (Å²) in [6.07, 6.45) is 5.65. The largest absolute Gasteiger partial charge is 0.354 e. The van der Waals surface area contributed by atoms with Gasteiger partial charge in [0, 0.05) is 25.2 Å². The molecule has 1 aromatic carbocycles. The molecule has 0 N–H and O–H groups in total. The van der Waals surface area contributed by atoms with Gasteiger partial charge in [-0.3, -0.25) is 9.24 Å². The number of halogens is 1. The van der Waals surface area contributed by atoms with Crippen LogP contribution in [0.2, 0.25) is 5.02 Å². The summed E-state index contributed by atoms with van der Waals surface area (Å²) in [6.45, 7) is 3.27. The topological polar surface area (TPSA) is 41.9 Å². The van der Waals surface area contributed by atoms with E-state index in [9.17, 15) is 4.57 Å². The second kappa shape index (κ2) is 13.2. The summed E-state index contributed by atoms with van der Waals surface area (Å²) in [5.41, 5.74) is 0.679. The van der Waals surface area contributed by atoms with Crippen LogP contribution in [0, 0.1) is 0 Å². The predicted octanol–water partition coefficient (Wildman–Crippen LogP) is 7.86. The van der Waals surface area contributed by atoms with E-state index in [1.807, 2.05) is 24.3 Å². The zero-order valence-corrected chi connectivity index (χ0v) is 20.3. The van der Waals surface area contributed by atoms with Crippen LogP contribution in [0.15, 0.2) is 29.3 Å². The van der Waals surface area contributed by atoms with Crippen molar-refractivity contribution in [2.45, 2.75) is 58.1 Å². The molecular weight excluding hydrogens is 419 g/mol. The van der Waals surface area contributed by atoms with Gasteiger partial charge in [-0.25, -0.2) is 4.99 Å². The van der Waals surface area contributed by atoms with E-state index in [0.717, 1.165) is 18.6 Å². The van der Waals surface area contributed by atoms with E-state index in [0.29, 0.717) is 15.9 Å². The standard InChI is InChI=1S/C19H32ClN2O2PS2/c1-6-8-9-12-15-26-19(21-18-14-11-10-13-17(18)20)22(4)25(23,24-5)27-16(3)7-2/h10-11,13-14,16H,6-9,12,15H2,1-5H3. The summed E-state index contributed by atoms with van der Waals surface area (Å²) in [6, 6.07) is 7.46. The summed E-state index contributed by atoms with van der Waals surface area (Å²) in [5, 5.41) is 1.49. The summed E-state index contributed by atoms with van der Waals surface area (Å²) < 4.78 is 20.6. The minimum Gasteiger partial charge on any atom is -0.309 e. The quantitative estimate of drug-likeness (QED) is 0.148. The normalized spacial score (nSPS) is 15.4. The van der Waals surface area contributed by atoms with E-state index < -0.39 is 6.72 Å². The van der Waals surface area contributed by atoms with Crippen LogP contribution in [-0.4, -0.2) is 35.0 Å². The van der Waals surface area contributed by atoms with Crippen molar-refractivity contribution in [2.24, 2.45) is 4.99 Å². The van der Waals surface area contributed by atoms with Crippen LogP contribution in [0.1, 0.15) is 52.9 Å². The lowest BCUT2D eigenvalue weighted by Gasteiger charge is -2.29. The van der Waals surface area contributed by atoms with Gasteiger partial charge in [-0.1, -0.05) is 75.5 Å². The highest BCUT2D eigenvalue weighted by atomic mass is 35.5. The Kier molecular flexibility index (Phi) is 12.1. The minimum atomic E-state index is -3.08. The van der Waals surface area contributed by atoms with Gasteiger partial charge in [0.25, 0.3) is 0 Å². The molecule has 0 radical (unpaired) electrons. The molecule has 4 nitrogen and oxygen atoms in total. The van der Waals surface area contributed by atoms with Crippen molar-refractivity contribution < 1.29 is 9.09 Å². The number of benzene rings is 1. The molecule has 0 heterocycles. The molecule has 0 aliphatic heterocycles. The van der Waals surface area contributed by atoms with Crippen LogP contribution in [-0.2, 0) is 9.09 Å². The van der Waals surface area contributed by atoms with E-state index in [2.05, 4.69) is 20.8 Å². The van der Waals surface area contributed by atoms with Crippen molar-refractivity contribution in [3.05, 3.63) is 29.3 Å². The highest BCUT2D eigenvalue weighted by Crippen LogP contribution is 2.64. The van der Waals surface area contributed by atoms with Gasteiger partial charge in [0.1, 0.15) is 0 Å². The third-order valence-electron chi connectivity index (χ3n) is 4.06. The van der Waals surface area contributed by atoms with Crippen molar-refractivity contribution in [3.8, 4) is 0 Å². The number of amidine groups is 1. The SMILES string of the molecule is CCCCCCSC(=Nc1ccccc1Cl)N(C)P(=O)(OC)SC(C)CC. The fraction of sp³-hybridized carbons (Fsp3) is 0.632. The summed E-state index contributed by atoms with van der Waals surface area (Å²) in [7, 11) is 3.31. The highest BCUT2D eigenvalue weighted by Gasteiger charge is 2.33. The maximum Gasteiger partial charge on any atom is 0.354 e. The fourth-order valence-corrected chi connectivity index (χ4v) is 7.94. The maximum atomic E-state index is 13.4. The van der Waals surface area contributed by atoms with E-state index in [-0.39, 0.29) is 5.25 Å². The van der Waals surface area contributed by atoms with Gasteiger partial charge < -0.3 is 4.52 Å². The van der Waals surface area contributed by atoms with Gasteiger partial charge in [0.15, 0.2) is 5.17 Å². The number of rotatable bonds is 11. The first-order valence-corrected chi connectivity index (χ1v) is 13.8. The van der Waals surface area contributed by atoms with Crippen LogP contribution < -0.4 is 0 Å². The molecule has 1 aromatic rings. The molecule has 0 aliphatic rings. The Bertz CT molecular complexity index is 646. The lowest BCUT2D eigenvalue weighted by Crippen LogP contribution is -2.22. The molecule has 2 atom stereocenters. The molecule has 0 spiro atoms. The van der Waals surface area contributed by atoms with Gasteiger partial charge in [0.05, 0.1) is 10.7 Å². The van der Waals surface area contributed by atoms with E-state index >= 15 is 0 Å². The zero-order valence-electron chi connectivity index (χ0n) is 17.0. The van der Waals surface area contributed by atoms with Crippen LogP contribution in [0.4, 0.5) is 5.69 Å². The maximum absolute atomic E-state index is 13.4. The number of nitrogens with zero attached hydrogens (tertiary/aromatic N) is 2. The third-order valence-corrected chi connectivity index (χ3v) is 11.0. The predicted molar refractivity (Wildman–Crippen MR) is 125 cm³/mol. The molecule has 27 heavy (non-hydrogen) atoms. The van der Waals surface area contributed by atoms with Crippen LogP contribution in [0.25, 0.3) is 0 Å². The molecule has 0 fully saturated rings. The molecule has 0 saturated heterocycles. The Morgan fingerprint density at radius 2 is 2.00 bits per heavy atom. The summed E-state index contributed by atoms with van der Waals surface area (Å²) in [5.74, 6) is 0.922. The summed E-state index contributed by atoms with van der Waals surface area (Å²) >= 11 is 9.28. The Hall–Kier alpha value is -0.130. The lowest BCUT2D eigenvalue weighted by atomic mass is 10.2. The van der Waals surface area contributed by atoms with Gasteiger partial charge in [-0.2, -0.15) is 0 Å². The molecule has 8 heteroatoms. The molecule has 0 aliphatic carbocycles. The van der Waals surface area contributed by atoms with Crippen molar-refractivity contribution in [2.75, 3.05) is 19.9 Å². The first kappa shape index (κ1) is 24.9. The van der Waals surface area contributed by atoms with Crippen molar-refractivity contribution in [3.63, 3.8) is 0 Å². The Balaban J connectivity index is 3.07. The number of unbranched alkanes of at least 4 members (excludes halogenated alkanes) is 3. The second-order valence-corrected chi connectivity index (χ2v) is 12.7. The molecule has 0 saturated carbocycles. The molecule has 0 aromatic heterocycles. The Labute approximate surface area is 178 Å². The zero-order chi connectivity index (χ0) is 20.3. The molecule has 0 bridgehead atoms. The van der Waals surface area contributed by atoms with Gasteiger partial charge in [-0.05, 0) is 36.4 Å². The first-order valence-electron chi connectivity index (χ1n) is 9.42. The van der Waals surface area contributed by atoms with Crippen molar-refractivity contribution in [1.82, 2.24) is 4.67 Å². The minimum absolute atomic E-state index is 0.231. The number of hydrogen-bond acceptors (Lipinski definition) is 5. The van der Waals surface area contributed by atoms with Gasteiger partial charge >= 0.3 is 6.72 Å². The average Bonchev–Trinajstić information content (AvgIpc) is 2.67. The Morgan fingerprint density at radius 1 is 1.30 bits per heavy atom.